The average molecular weight is 385 g/mol. The topological polar surface area (TPSA) is 83.8 Å². The Morgan fingerprint density at radius 1 is 0.889 bits per heavy atom. The minimum atomic E-state index is -1.49. The highest BCUT2D eigenvalue weighted by Crippen LogP contribution is 2.28. The van der Waals surface area contributed by atoms with E-state index < -0.39 is 24.0 Å². The number of hydrogen-bond acceptors (Lipinski definition) is 4. The first kappa shape index (κ1) is 23.9. The van der Waals surface area contributed by atoms with Crippen LogP contribution in [-0.2, 0) is 14.3 Å². The molecule has 0 heterocycles. The van der Waals surface area contributed by atoms with E-state index in [-0.39, 0.29) is 6.42 Å². The summed E-state index contributed by atoms with van der Waals surface area (Å²) in [5.41, 5.74) is -1.49. The SMILES string of the molecule is COC(=O)CC(O)(CCCCCCCCCCC1CCCCC1)CC(=O)O. The van der Waals surface area contributed by atoms with Crippen LogP contribution in [0, 0.1) is 5.92 Å². The molecular formula is C22H40O5. The Bertz CT molecular complexity index is 417. The van der Waals surface area contributed by atoms with Crippen LogP contribution in [0.2, 0.25) is 0 Å². The van der Waals surface area contributed by atoms with Crippen LogP contribution in [0.5, 0.6) is 0 Å². The summed E-state index contributed by atoms with van der Waals surface area (Å²) in [7, 11) is 1.25. The number of rotatable bonds is 15. The Labute approximate surface area is 164 Å². The van der Waals surface area contributed by atoms with E-state index in [0.29, 0.717) is 6.42 Å². The van der Waals surface area contributed by atoms with Crippen molar-refractivity contribution in [1.29, 1.82) is 0 Å². The Morgan fingerprint density at radius 2 is 1.44 bits per heavy atom. The van der Waals surface area contributed by atoms with Crippen LogP contribution in [0.1, 0.15) is 109 Å². The second-order valence-electron chi connectivity index (χ2n) is 8.42. The van der Waals surface area contributed by atoms with Crippen LogP contribution in [0.25, 0.3) is 0 Å². The lowest BCUT2D eigenvalue weighted by atomic mass is 9.85. The van der Waals surface area contributed by atoms with Crippen molar-refractivity contribution >= 4 is 11.9 Å². The Kier molecular flexibility index (Phi) is 12.4. The number of ether oxygens (including phenoxy) is 1. The molecule has 0 bridgehead atoms. The van der Waals surface area contributed by atoms with E-state index in [0.717, 1.165) is 25.2 Å². The Balaban J connectivity index is 2.02. The van der Waals surface area contributed by atoms with Crippen molar-refractivity contribution in [2.24, 2.45) is 5.92 Å². The summed E-state index contributed by atoms with van der Waals surface area (Å²) in [4.78, 5) is 22.3. The van der Waals surface area contributed by atoms with Crippen molar-refractivity contribution in [2.75, 3.05) is 7.11 Å². The Morgan fingerprint density at radius 3 is 2.00 bits per heavy atom. The molecule has 0 saturated heterocycles. The van der Waals surface area contributed by atoms with Gasteiger partial charge in [-0.25, -0.2) is 0 Å². The maximum Gasteiger partial charge on any atom is 0.308 e. The van der Waals surface area contributed by atoms with Crippen molar-refractivity contribution in [3.63, 3.8) is 0 Å². The van der Waals surface area contributed by atoms with Gasteiger partial charge >= 0.3 is 11.9 Å². The number of carboxylic acid groups (broad SMARTS) is 1. The molecule has 0 aromatic heterocycles. The van der Waals surface area contributed by atoms with Crippen molar-refractivity contribution in [1.82, 2.24) is 0 Å². The first-order valence-electron chi connectivity index (χ1n) is 11.0. The molecule has 0 spiro atoms. The van der Waals surface area contributed by atoms with Gasteiger partial charge in [0.1, 0.15) is 0 Å². The van der Waals surface area contributed by atoms with Crippen LogP contribution in [0.3, 0.4) is 0 Å². The molecule has 1 unspecified atom stereocenters. The zero-order valence-corrected chi connectivity index (χ0v) is 17.2. The molecule has 0 amide bonds. The molecule has 0 aromatic rings. The number of methoxy groups -OCH3 is 1. The van der Waals surface area contributed by atoms with Gasteiger partial charge in [0.2, 0.25) is 0 Å². The highest BCUT2D eigenvalue weighted by Gasteiger charge is 2.32. The highest BCUT2D eigenvalue weighted by molar-refractivity contribution is 5.73. The van der Waals surface area contributed by atoms with Gasteiger partial charge < -0.3 is 14.9 Å². The van der Waals surface area contributed by atoms with Gasteiger partial charge in [0.25, 0.3) is 0 Å². The molecule has 2 N–H and O–H groups in total. The lowest BCUT2D eigenvalue weighted by molar-refractivity contribution is -0.151. The molecular weight excluding hydrogens is 344 g/mol. The lowest BCUT2D eigenvalue weighted by Gasteiger charge is -2.25. The van der Waals surface area contributed by atoms with Gasteiger partial charge in [-0.05, 0) is 12.3 Å². The normalized spacial score (nSPS) is 17.4. The van der Waals surface area contributed by atoms with Gasteiger partial charge in [-0.3, -0.25) is 9.59 Å². The standard InChI is InChI=1S/C22H40O5/c1-27-21(25)18-22(26,17-20(23)24)16-12-7-5-3-2-4-6-9-13-19-14-10-8-11-15-19/h19,26H,2-18H2,1H3,(H,23,24). The molecule has 1 rings (SSSR count). The van der Waals surface area contributed by atoms with E-state index in [1.807, 2.05) is 0 Å². The maximum atomic E-state index is 11.4. The van der Waals surface area contributed by atoms with Gasteiger partial charge in [0.05, 0.1) is 25.6 Å². The second-order valence-corrected chi connectivity index (χ2v) is 8.42. The number of carbonyl (C=O) groups is 2. The summed E-state index contributed by atoms with van der Waals surface area (Å²) in [6, 6.07) is 0. The number of carboxylic acids is 1. The van der Waals surface area contributed by atoms with Crippen LogP contribution >= 0.6 is 0 Å². The quantitative estimate of drug-likeness (QED) is 0.298. The van der Waals surface area contributed by atoms with E-state index >= 15 is 0 Å². The third kappa shape index (κ3) is 12.1. The number of carbonyl (C=O) groups excluding carboxylic acids is 1. The summed E-state index contributed by atoms with van der Waals surface area (Å²) in [6.07, 6.45) is 17.6. The molecule has 1 atom stereocenters. The van der Waals surface area contributed by atoms with Gasteiger partial charge in [-0.2, -0.15) is 0 Å². The van der Waals surface area contributed by atoms with E-state index in [2.05, 4.69) is 4.74 Å². The third-order valence-corrected chi connectivity index (χ3v) is 5.91. The fraction of sp³-hybridized carbons (Fsp3) is 0.909. The first-order valence-corrected chi connectivity index (χ1v) is 11.0. The smallest absolute Gasteiger partial charge is 0.308 e. The number of unbranched alkanes of at least 4 members (excludes halogenated alkanes) is 7. The predicted octanol–water partition coefficient (Wildman–Crippen LogP) is 5.24. The molecule has 27 heavy (non-hydrogen) atoms. The number of aliphatic carboxylic acids is 1. The Hall–Kier alpha value is -1.10. The molecule has 158 valence electrons. The predicted molar refractivity (Wildman–Crippen MR) is 107 cm³/mol. The van der Waals surface area contributed by atoms with Gasteiger partial charge in [-0.15, -0.1) is 0 Å². The number of hydrogen-bond donors (Lipinski definition) is 2. The van der Waals surface area contributed by atoms with Crippen LogP contribution in [0.4, 0.5) is 0 Å². The minimum absolute atomic E-state index is 0.253. The molecule has 0 aromatic carbocycles. The van der Waals surface area contributed by atoms with Crippen LogP contribution in [0.15, 0.2) is 0 Å². The molecule has 5 heteroatoms. The van der Waals surface area contributed by atoms with E-state index in [1.165, 1.54) is 77.7 Å². The van der Waals surface area contributed by atoms with E-state index in [4.69, 9.17) is 5.11 Å². The first-order chi connectivity index (χ1) is 12.9. The van der Waals surface area contributed by atoms with E-state index in [1.54, 1.807) is 0 Å². The summed E-state index contributed by atoms with van der Waals surface area (Å²) in [5, 5.41) is 19.4. The number of esters is 1. The second kappa shape index (κ2) is 14.0. The van der Waals surface area contributed by atoms with Gasteiger partial charge in [-0.1, -0.05) is 89.9 Å². The molecule has 1 aliphatic rings. The molecule has 0 aliphatic heterocycles. The molecule has 1 saturated carbocycles. The summed E-state index contributed by atoms with van der Waals surface area (Å²) in [5.74, 6) is -0.658. The lowest BCUT2D eigenvalue weighted by Crippen LogP contribution is -2.35. The summed E-state index contributed by atoms with van der Waals surface area (Å²) < 4.78 is 4.57. The highest BCUT2D eigenvalue weighted by atomic mass is 16.5. The van der Waals surface area contributed by atoms with Crippen molar-refractivity contribution < 1.29 is 24.5 Å². The van der Waals surface area contributed by atoms with E-state index in [9.17, 15) is 14.7 Å². The largest absolute Gasteiger partial charge is 0.481 e. The van der Waals surface area contributed by atoms with Gasteiger partial charge in [0, 0.05) is 0 Å². The summed E-state index contributed by atoms with van der Waals surface area (Å²) >= 11 is 0. The molecule has 0 radical (unpaired) electrons. The molecule has 1 aliphatic carbocycles. The average Bonchev–Trinajstić information content (AvgIpc) is 2.63. The number of aliphatic hydroxyl groups is 1. The minimum Gasteiger partial charge on any atom is -0.481 e. The maximum absolute atomic E-state index is 11.4. The fourth-order valence-corrected chi connectivity index (χ4v) is 4.29. The fourth-order valence-electron chi connectivity index (χ4n) is 4.29. The van der Waals surface area contributed by atoms with Crippen molar-refractivity contribution in [2.45, 2.75) is 115 Å². The third-order valence-electron chi connectivity index (χ3n) is 5.91. The zero-order valence-electron chi connectivity index (χ0n) is 17.2. The molecule has 1 fully saturated rings. The van der Waals surface area contributed by atoms with Crippen LogP contribution < -0.4 is 0 Å². The zero-order chi connectivity index (χ0) is 20.0. The monoisotopic (exact) mass is 384 g/mol. The van der Waals surface area contributed by atoms with Crippen molar-refractivity contribution in [3.8, 4) is 0 Å². The van der Waals surface area contributed by atoms with Gasteiger partial charge in [0.15, 0.2) is 0 Å². The van der Waals surface area contributed by atoms with Crippen molar-refractivity contribution in [3.05, 3.63) is 0 Å². The summed E-state index contributed by atoms with van der Waals surface area (Å²) in [6.45, 7) is 0. The van der Waals surface area contributed by atoms with Crippen LogP contribution in [-0.4, -0.2) is 34.9 Å². The molecule has 5 nitrogen and oxygen atoms in total.